The molecule has 0 aliphatic carbocycles. The summed E-state index contributed by atoms with van der Waals surface area (Å²) in [6.07, 6.45) is 1.93. The fourth-order valence-electron chi connectivity index (χ4n) is 1.50. The van der Waals surface area contributed by atoms with Gasteiger partial charge < -0.3 is 15.2 Å². The lowest BCUT2D eigenvalue weighted by atomic mass is 10.1. The molecule has 0 radical (unpaired) electrons. The molecule has 14 heavy (non-hydrogen) atoms. The topological polar surface area (TPSA) is 75.6 Å². The standard InChI is InChI=1S/C9H15NO4/c1-6-7(10-9(13)14-6)4-2-3-5-8(11)12/h6-7H,2-5H2,1H3,(H,10,13)(H,11,12)/t6-,7-/m1/s1. The number of carboxylic acid groups (broad SMARTS) is 1. The van der Waals surface area contributed by atoms with E-state index in [9.17, 15) is 9.59 Å². The van der Waals surface area contributed by atoms with Crippen LogP contribution in [0.3, 0.4) is 0 Å². The number of amides is 1. The van der Waals surface area contributed by atoms with Crippen molar-refractivity contribution in [2.24, 2.45) is 0 Å². The van der Waals surface area contributed by atoms with E-state index in [4.69, 9.17) is 9.84 Å². The van der Waals surface area contributed by atoms with Crippen LogP contribution in [-0.4, -0.2) is 29.3 Å². The molecule has 0 unspecified atom stereocenters. The lowest BCUT2D eigenvalue weighted by Crippen LogP contribution is -2.29. The van der Waals surface area contributed by atoms with E-state index in [1.807, 2.05) is 6.92 Å². The lowest BCUT2D eigenvalue weighted by molar-refractivity contribution is -0.137. The van der Waals surface area contributed by atoms with Crippen LogP contribution < -0.4 is 5.32 Å². The minimum Gasteiger partial charge on any atom is -0.481 e. The van der Waals surface area contributed by atoms with E-state index in [-0.39, 0.29) is 24.7 Å². The zero-order chi connectivity index (χ0) is 10.6. The van der Waals surface area contributed by atoms with Gasteiger partial charge in [0.15, 0.2) is 0 Å². The number of carbonyl (C=O) groups excluding carboxylic acids is 1. The Morgan fingerprint density at radius 2 is 2.29 bits per heavy atom. The summed E-state index contributed by atoms with van der Waals surface area (Å²) in [4.78, 5) is 21.0. The van der Waals surface area contributed by atoms with Gasteiger partial charge in [0.2, 0.25) is 0 Å². The highest BCUT2D eigenvalue weighted by molar-refractivity contribution is 5.70. The number of carboxylic acids is 1. The van der Waals surface area contributed by atoms with E-state index >= 15 is 0 Å². The van der Waals surface area contributed by atoms with E-state index in [0.29, 0.717) is 6.42 Å². The molecule has 5 heteroatoms. The molecule has 0 aromatic carbocycles. The molecule has 1 fully saturated rings. The van der Waals surface area contributed by atoms with E-state index < -0.39 is 5.97 Å². The van der Waals surface area contributed by atoms with Crippen LogP contribution in [0.1, 0.15) is 32.6 Å². The third-order valence-electron chi connectivity index (χ3n) is 2.32. The average molecular weight is 201 g/mol. The highest BCUT2D eigenvalue weighted by Crippen LogP contribution is 2.14. The quantitative estimate of drug-likeness (QED) is 0.654. The summed E-state index contributed by atoms with van der Waals surface area (Å²) >= 11 is 0. The maximum Gasteiger partial charge on any atom is 0.407 e. The summed E-state index contributed by atoms with van der Waals surface area (Å²) in [5, 5.41) is 11.1. The number of hydrogen-bond donors (Lipinski definition) is 2. The zero-order valence-electron chi connectivity index (χ0n) is 8.16. The number of ether oxygens (including phenoxy) is 1. The number of hydrogen-bond acceptors (Lipinski definition) is 3. The molecule has 1 aliphatic rings. The van der Waals surface area contributed by atoms with Gasteiger partial charge in [0.25, 0.3) is 0 Å². The van der Waals surface area contributed by atoms with Crippen molar-refractivity contribution in [3.05, 3.63) is 0 Å². The van der Waals surface area contributed by atoms with Crippen LogP contribution in [-0.2, 0) is 9.53 Å². The van der Waals surface area contributed by atoms with Crippen molar-refractivity contribution in [3.63, 3.8) is 0 Å². The van der Waals surface area contributed by atoms with Crippen LogP contribution >= 0.6 is 0 Å². The minimum absolute atomic E-state index is 0.0382. The van der Waals surface area contributed by atoms with Gasteiger partial charge in [0, 0.05) is 6.42 Å². The van der Waals surface area contributed by atoms with Gasteiger partial charge in [-0.25, -0.2) is 4.79 Å². The smallest absolute Gasteiger partial charge is 0.407 e. The van der Waals surface area contributed by atoms with E-state index in [2.05, 4.69) is 5.32 Å². The van der Waals surface area contributed by atoms with Gasteiger partial charge in [-0.1, -0.05) is 6.42 Å². The molecule has 1 rings (SSSR count). The second-order valence-corrected chi connectivity index (χ2v) is 3.50. The third kappa shape index (κ3) is 3.24. The molecule has 0 aromatic rings. The predicted octanol–water partition coefficient (Wildman–Crippen LogP) is 1.13. The molecule has 1 aliphatic heterocycles. The van der Waals surface area contributed by atoms with Gasteiger partial charge >= 0.3 is 12.1 Å². The van der Waals surface area contributed by atoms with Gasteiger partial charge in [-0.3, -0.25) is 4.79 Å². The molecular weight excluding hydrogens is 186 g/mol. The summed E-state index contributed by atoms with van der Waals surface area (Å²) in [5.41, 5.74) is 0. The van der Waals surface area contributed by atoms with Crippen LogP contribution in [0.4, 0.5) is 4.79 Å². The normalized spacial score (nSPS) is 25.6. The largest absolute Gasteiger partial charge is 0.481 e. The molecule has 2 N–H and O–H groups in total. The number of nitrogens with one attached hydrogen (secondary N) is 1. The third-order valence-corrected chi connectivity index (χ3v) is 2.32. The van der Waals surface area contributed by atoms with E-state index in [1.165, 1.54) is 0 Å². The Balaban J connectivity index is 2.12. The van der Waals surface area contributed by atoms with E-state index in [1.54, 1.807) is 0 Å². The number of rotatable bonds is 5. The number of cyclic esters (lactones) is 1. The first-order valence-corrected chi connectivity index (χ1v) is 4.78. The maximum atomic E-state index is 10.8. The van der Waals surface area contributed by atoms with Crippen molar-refractivity contribution in [1.82, 2.24) is 5.32 Å². The Morgan fingerprint density at radius 3 is 2.79 bits per heavy atom. The Hall–Kier alpha value is -1.26. The summed E-state index contributed by atoms with van der Waals surface area (Å²) in [5.74, 6) is -0.773. The van der Waals surface area contributed by atoms with Gasteiger partial charge in [0.05, 0.1) is 6.04 Å². The van der Waals surface area contributed by atoms with E-state index in [0.717, 1.165) is 12.8 Å². The molecule has 0 aromatic heterocycles. The SMILES string of the molecule is C[C@H]1OC(=O)N[C@@H]1CCCCC(=O)O. The molecule has 5 nitrogen and oxygen atoms in total. The summed E-state index contributed by atoms with van der Waals surface area (Å²) < 4.78 is 4.89. The number of alkyl carbamates (subject to hydrolysis) is 1. The highest BCUT2D eigenvalue weighted by Gasteiger charge is 2.29. The van der Waals surface area contributed by atoms with Crippen molar-refractivity contribution >= 4 is 12.1 Å². The van der Waals surface area contributed by atoms with Gasteiger partial charge in [-0.05, 0) is 19.8 Å². The number of unbranched alkanes of at least 4 members (excludes halogenated alkanes) is 1. The maximum absolute atomic E-state index is 10.8. The van der Waals surface area contributed by atoms with Gasteiger partial charge in [-0.2, -0.15) is 0 Å². The monoisotopic (exact) mass is 201 g/mol. The first-order valence-electron chi connectivity index (χ1n) is 4.78. The summed E-state index contributed by atoms with van der Waals surface area (Å²) in [6, 6.07) is 0.0382. The summed E-state index contributed by atoms with van der Waals surface area (Å²) in [7, 11) is 0. The Labute approximate surface area is 82.4 Å². The van der Waals surface area contributed by atoms with Crippen molar-refractivity contribution in [2.75, 3.05) is 0 Å². The van der Waals surface area contributed by atoms with Crippen molar-refractivity contribution in [1.29, 1.82) is 0 Å². The minimum atomic E-state index is -0.773. The molecule has 1 saturated heterocycles. The van der Waals surface area contributed by atoms with Gasteiger partial charge in [0.1, 0.15) is 6.10 Å². The lowest BCUT2D eigenvalue weighted by Gasteiger charge is -2.11. The van der Waals surface area contributed by atoms with Crippen LogP contribution in [0, 0.1) is 0 Å². The molecule has 2 atom stereocenters. The van der Waals surface area contributed by atoms with Crippen LogP contribution in [0.15, 0.2) is 0 Å². The Bertz CT molecular complexity index is 229. The van der Waals surface area contributed by atoms with Crippen molar-refractivity contribution in [2.45, 2.75) is 44.8 Å². The molecule has 1 amide bonds. The zero-order valence-corrected chi connectivity index (χ0v) is 8.16. The number of carbonyl (C=O) groups is 2. The fraction of sp³-hybridized carbons (Fsp3) is 0.778. The highest BCUT2D eigenvalue weighted by atomic mass is 16.6. The van der Waals surface area contributed by atoms with Crippen LogP contribution in [0.5, 0.6) is 0 Å². The first-order chi connectivity index (χ1) is 6.59. The Morgan fingerprint density at radius 1 is 1.57 bits per heavy atom. The fourth-order valence-corrected chi connectivity index (χ4v) is 1.50. The second kappa shape index (κ2) is 4.83. The number of aliphatic carboxylic acids is 1. The average Bonchev–Trinajstić information content (AvgIpc) is 2.39. The van der Waals surface area contributed by atoms with Crippen molar-refractivity contribution in [3.8, 4) is 0 Å². The van der Waals surface area contributed by atoms with Crippen molar-refractivity contribution < 1.29 is 19.4 Å². The Kier molecular flexibility index (Phi) is 3.73. The second-order valence-electron chi connectivity index (χ2n) is 3.50. The molecule has 0 spiro atoms. The molecule has 1 heterocycles. The molecule has 0 saturated carbocycles. The molecule has 0 bridgehead atoms. The summed E-state index contributed by atoms with van der Waals surface area (Å²) in [6.45, 7) is 1.83. The van der Waals surface area contributed by atoms with Crippen LogP contribution in [0.25, 0.3) is 0 Å². The van der Waals surface area contributed by atoms with Crippen LogP contribution in [0.2, 0.25) is 0 Å². The first kappa shape index (κ1) is 10.8. The molecular formula is C9H15NO4. The van der Waals surface area contributed by atoms with Gasteiger partial charge in [-0.15, -0.1) is 0 Å². The predicted molar refractivity (Wildman–Crippen MR) is 49.0 cm³/mol. The molecule has 80 valence electrons.